The fourth-order valence-corrected chi connectivity index (χ4v) is 6.91. The van der Waals surface area contributed by atoms with E-state index in [-0.39, 0.29) is 0 Å². The molecule has 4 heteroatoms. The fourth-order valence-electron chi connectivity index (χ4n) is 5.40. The highest BCUT2D eigenvalue weighted by Crippen LogP contribution is 2.50. The molecule has 1 heterocycles. The lowest BCUT2D eigenvalue weighted by Crippen LogP contribution is -2.29. The summed E-state index contributed by atoms with van der Waals surface area (Å²) in [5.74, 6) is 0. The topological polar surface area (TPSA) is 37.4 Å². The molecule has 0 unspecified atom stereocenters. The van der Waals surface area contributed by atoms with Gasteiger partial charge in [-0.25, -0.2) is 8.42 Å². The van der Waals surface area contributed by atoms with Gasteiger partial charge in [-0.2, -0.15) is 0 Å². The third kappa shape index (κ3) is 3.61. The molecule has 0 aliphatic carbocycles. The summed E-state index contributed by atoms with van der Waals surface area (Å²) in [6.45, 7) is 4.48. The van der Waals surface area contributed by atoms with E-state index < -0.39 is 10.0 Å². The van der Waals surface area contributed by atoms with Gasteiger partial charge in [-0.1, -0.05) is 102 Å². The number of hydrogen-bond acceptors (Lipinski definition) is 2. The van der Waals surface area contributed by atoms with Crippen LogP contribution in [0, 0.1) is 13.8 Å². The second-order valence-electron chi connectivity index (χ2n) is 9.50. The van der Waals surface area contributed by atoms with Gasteiger partial charge in [-0.05, 0) is 65.6 Å². The summed E-state index contributed by atoms with van der Waals surface area (Å²) in [5.41, 5.74) is 8.60. The van der Waals surface area contributed by atoms with Crippen LogP contribution in [0.3, 0.4) is 0 Å². The Morgan fingerprint density at radius 2 is 1.22 bits per heavy atom. The Balaban J connectivity index is 1.72. The van der Waals surface area contributed by atoms with Crippen molar-refractivity contribution in [3.63, 3.8) is 0 Å². The molecule has 0 amide bonds. The maximum absolute atomic E-state index is 13.9. The summed E-state index contributed by atoms with van der Waals surface area (Å²) in [4.78, 5) is 0.328. The van der Waals surface area contributed by atoms with E-state index in [0.29, 0.717) is 17.9 Å². The Hall–Kier alpha value is -3.89. The van der Waals surface area contributed by atoms with Crippen LogP contribution < -0.4 is 4.31 Å². The maximum Gasteiger partial charge on any atom is 0.264 e. The molecular weight excluding hydrogens is 462 g/mol. The molecule has 0 N–H and O–H groups in total. The molecule has 178 valence electrons. The first-order chi connectivity index (χ1) is 17.4. The van der Waals surface area contributed by atoms with Gasteiger partial charge < -0.3 is 0 Å². The van der Waals surface area contributed by atoms with Gasteiger partial charge in [0.15, 0.2) is 0 Å². The number of anilines is 1. The van der Waals surface area contributed by atoms with Gasteiger partial charge in [0.05, 0.1) is 10.6 Å². The predicted octanol–water partition coefficient (Wildman–Crippen LogP) is 7.54. The first-order valence-corrected chi connectivity index (χ1v) is 13.7. The SMILES string of the molecule is Cc1ccc(S(=O)(=O)N2CCc3c(-c4ccccc4)c(-c4ccccc4)c4cc(C)ccc4c32)cc1. The highest BCUT2D eigenvalue weighted by molar-refractivity contribution is 7.92. The Bertz CT molecular complexity index is 1690. The van der Waals surface area contributed by atoms with Crippen molar-refractivity contribution in [3.05, 3.63) is 120 Å². The van der Waals surface area contributed by atoms with Crippen molar-refractivity contribution in [2.75, 3.05) is 10.8 Å². The molecule has 3 nitrogen and oxygen atoms in total. The summed E-state index contributed by atoms with van der Waals surface area (Å²) in [5, 5.41) is 2.05. The van der Waals surface area contributed by atoms with Gasteiger partial charge in [-0.3, -0.25) is 4.31 Å². The lowest BCUT2D eigenvalue weighted by Gasteiger charge is -2.25. The summed E-state index contributed by atoms with van der Waals surface area (Å²) in [7, 11) is -3.71. The quantitative estimate of drug-likeness (QED) is 0.261. The lowest BCUT2D eigenvalue weighted by atomic mass is 9.84. The van der Waals surface area contributed by atoms with Crippen molar-refractivity contribution in [1.82, 2.24) is 0 Å². The molecule has 0 bridgehead atoms. The van der Waals surface area contributed by atoms with E-state index in [1.54, 1.807) is 16.4 Å². The van der Waals surface area contributed by atoms with Crippen molar-refractivity contribution >= 4 is 26.5 Å². The average molecular weight is 490 g/mol. The molecule has 1 aliphatic rings. The van der Waals surface area contributed by atoms with E-state index in [1.165, 1.54) is 0 Å². The minimum Gasteiger partial charge on any atom is -0.265 e. The van der Waals surface area contributed by atoms with Crippen molar-refractivity contribution in [1.29, 1.82) is 0 Å². The van der Waals surface area contributed by atoms with Crippen LogP contribution in [0.15, 0.2) is 108 Å². The van der Waals surface area contributed by atoms with Crippen molar-refractivity contribution in [2.45, 2.75) is 25.2 Å². The van der Waals surface area contributed by atoms with Crippen LogP contribution in [0.4, 0.5) is 5.69 Å². The first-order valence-electron chi connectivity index (χ1n) is 12.2. The molecule has 0 radical (unpaired) electrons. The Labute approximate surface area is 212 Å². The number of hydrogen-bond donors (Lipinski definition) is 0. The molecule has 6 rings (SSSR count). The van der Waals surface area contributed by atoms with Gasteiger partial charge in [0.2, 0.25) is 0 Å². The highest BCUT2D eigenvalue weighted by Gasteiger charge is 2.35. The second kappa shape index (κ2) is 8.65. The summed E-state index contributed by atoms with van der Waals surface area (Å²) in [6, 6.07) is 34.3. The summed E-state index contributed by atoms with van der Waals surface area (Å²) < 4.78 is 29.5. The summed E-state index contributed by atoms with van der Waals surface area (Å²) >= 11 is 0. The first kappa shape index (κ1) is 22.6. The van der Waals surface area contributed by atoms with E-state index in [0.717, 1.165) is 55.4 Å². The zero-order valence-electron chi connectivity index (χ0n) is 20.4. The van der Waals surface area contributed by atoms with Crippen LogP contribution in [-0.4, -0.2) is 15.0 Å². The van der Waals surface area contributed by atoms with Crippen LogP contribution in [0.1, 0.15) is 16.7 Å². The van der Waals surface area contributed by atoms with Crippen LogP contribution >= 0.6 is 0 Å². The van der Waals surface area contributed by atoms with Gasteiger partial charge in [0.25, 0.3) is 10.0 Å². The van der Waals surface area contributed by atoms with E-state index in [2.05, 4.69) is 61.5 Å². The van der Waals surface area contributed by atoms with Gasteiger partial charge in [0, 0.05) is 11.9 Å². The van der Waals surface area contributed by atoms with Crippen LogP contribution in [0.5, 0.6) is 0 Å². The Morgan fingerprint density at radius 3 is 1.86 bits per heavy atom. The molecule has 0 fully saturated rings. The molecular formula is C32H27NO2S. The maximum atomic E-state index is 13.9. The molecule has 0 spiro atoms. The normalized spacial score (nSPS) is 13.2. The van der Waals surface area contributed by atoms with Gasteiger partial charge >= 0.3 is 0 Å². The smallest absolute Gasteiger partial charge is 0.264 e. The fraction of sp³-hybridized carbons (Fsp3) is 0.125. The van der Waals surface area contributed by atoms with Crippen molar-refractivity contribution in [2.24, 2.45) is 0 Å². The second-order valence-corrected chi connectivity index (χ2v) is 11.4. The minimum atomic E-state index is -3.71. The van der Waals surface area contributed by atoms with E-state index >= 15 is 0 Å². The molecule has 5 aromatic rings. The molecule has 0 saturated heterocycles. The zero-order valence-corrected chi connectivity index (χ0v) is 21.2. The molecule has 0 saturated carbocycles. The van der Waals surface area contributed by atoms with Gasteiger partial charge in [-0.15, -0.1) is 0 Å². The average Bonchev–Trinajstić information content (AvgIpc) is 3.35. The molecule has 5 aromatic carbocycles. The predicted molar refractivity (Wildman–Crippen MR) is 149 cm³/mol. The molecule has 1 aliphatic heterocycles. The van der Waals surface area contributed by atoms with Crippen LogP contribution in [0.2, 0.25) is 0 Å². The van der Waals surface area contributed by atoms with E-state index in [1.807, 2.05) is 43.3 Å². The van der Waals surface area contributed by atoms with E-state index in [4.69, 9.17) is 0 Å². The summed E-state index contributed by atoms with van der Waals surface area (Å²) in [6.07, 6.45) is 0.661. The largest absolute Gasteiger partial charge is 0.265 e. The third-order valence-electron chi connectivity index (χ3n) is 7.09. The monoisotopic (exact) mass is 489 g/mol. The van der Waals surface area contributed by atoms with Crippen LogP contribution in [0.25, 0.3) is 33.0 Å². The molecule has 0 aromatic heterocycles. The number of rotatable bonds is 4. The van der Waals surface area contributed by atoms with Crippen LogP contribution in [-0.2, 0) is 16.4 Å². The number of aryl methyl sites for hydroxylation is 2. The number of fused-ring (bicyclic) bond motifs is 3. The number of nitrogens with zero attached hydrogens (tertiary/aromatic N) is 1. The standard InChI is InChI=1S/C32H27NO2S/c1-22-13-16-26(17-14-22)36(34,35)33-20-19-28-30(24-9-5-3-6-10-24)31(25-11-7-4-8-12-25)29-21-23(2)15-18-27(29)32(28)33/h3-18,21H,19-20H2,1-2H3. The number of sulfonamides is 1. The number of benzene rings is 5. The Kier molecular flexibility index (Phi) is 5.42. The van der Waals surface area contributed by atoms with E-state index in [9.17, 15) is 8.42 Å². The lowest BCUT2D eigenvalue weighted by molar-refractivity contribution is 0.592. The third-order valence-corrected chi connectivity index (χ3v) is 8.90. The zero-order chi connectivity index (χ0) is 24.9. The van der Waals surface area contributed by atoms with Gasteiger partial charge in [0.1, 0.15) is 0 Å². The minimum absolute atomic E-state index is 0.328. The van der Waals surface area contributed by atoms with Crippen molar-refractivity contribution in [3.8, 4) is 22.3 Å². The van der Waals surface area contributed by atoms with Crippen molar-refractivity contribution < 1.29 is 8.42 Å². The highest BCUT2D eigenvalue weighted by atomic mass is 32.2. The Morgan fingerprint density at radius 1 is 0.639 bits per heavy atom. The molecule has 36 heavy (non-hydrogen) atoms. The molecule has 0 atom stereocenters.